The average Bonchev–Trinajstić information content (AvgIpc) is 1.83. The molecule has 4 heteroatoms. The van der Waals surface area contributed by atoms with Gasteiger partial charge in [-0.2, -0.15) is 0 Å². The van der Waals surface area contributed by atoms with Crippen LogP contribution in [0.5, 0.6) is 0 Å². The van der Waals surface area contributed by atoms with Gasteiger partial charge in [0, 0.05) is 28.6 Å². The van der Waals surface area contributed by atoms with Gasteiger partial charge in [-0.1, -0.05) is 23.2 Å². The van der Waals surface area contributed by atoms with E-state index in [0.717, 1.165) is 5.69 Å². The third-order valence-corrected chi connectivity index (χ3v) is 1.91. The van der Waals surface area contributed by atoms with Crippen LogP contribution in [-0.2, 0) is 22.4 Å². The van der Waals surface area contributed by atoms with Crippen molar-refractivity contribution in [3.05, 3.63) is 28.0 Å². The molecule has 1 rings (SSSR count). The zero-order valence-corrected chi connectivity index (χ0v) is 8.84. The van der Waals surface area contributed by atoms with Crippen molar-refractivity contribution in [1.82, 2.24) is 4.98 Å². The van der Waals surface area contributed by atoms with E-state index in [0.29, 0.717) is 10.0 Å². The molecule has 0 aliphatic rings. The molecule has 1 nitrogen and oxygen atoms in total. The van der Waals surface area contributed by atoms with Gasteiger partial charge in [0.2, 0.25) is 0 Å². The van der Waals surface area contributed by atoms with Crippen LogP contribution in [0.1, 0.15) is 5.69 Å². The van der Waals surface area contributed by atoms with E-state index in [1.165, 1.54) is 0 Å². The Labute approximate surface area is 85.3 Å². The molecule has 1 radical (unpaired) electrons. The zero-order chi connectivity index (χ0) is 6.85. The van der Waals surface area contributed by atoms with Crippen molar-refractivity contribution < 1.29 is 22.4 Å². The second-order valence-corrected chi connectivity index (χ2v) is 2.48. The number of rotatable bonds is 0. The molecule has 0 unspecified atom stereocenters. The van der Waals surface area contributed by atoms with Gasteiger partial charge in [0.15, 0.2) is 0 Å². The molecule has 1 aromatic heterocycles. The van der Waals surface area contributed by atoms with Crippen LogP contribution >= 0.6 is 23.2 Å². The van der Waals surface area contributed by atoms with Crippen molar-refractivity contribution in [3.63, 3.8) is 0 Å². The number of aryl methyl sites for hydroxylation is 1. The molecule has 0 atom stereocenters. The number of hydrogen-bond donors (Lipinski definition) is 0. The maximum atomic E-state index is 5.68. The predicted octanol–water partition coefficient (Wildman–Crippen LogP) is 2.69. The summed E-state index contributed by atoms with van der Waals surface area (Å²) in [5, 5.41) is 1.10. The Morgan fingerprint density at radius 1 is 1.40 bits per heavy atom. The molecule has 0 aliphatic carbocycles. The van der Waals surface area contributed by atoms with Gasteiger partial charge in [-0.05, 0) is 13.0 Å². The fourth-order valence-electron chi connectivity index (χ4n) is 0.517. The average molecular weight is 359 g/mol. The Balaban J connectivity index is 0.000000810. The van der Waals surface area contributed by atoms with Gasteiger partial charge in [0.05, 0.1) is 15.7 Å². The van der Waals surface area contributed by atoms with Crippen LogP contribution in [0.3, 0.4) is 0 Å². The van der Waals surface area contributed by atoms with Crippen LogP contribution in [0.15, 0.2) is 12.3 Å². The summed E-state index contributed by atoms with van der Waals surface area (Å²) in [7, 11) is 0. The second kappa shape index (κ2) is 4.37. The van der Waals surface area contributed by atoms with Crippen molar-refractivity contribution in [1.29, 1.82) is 0 Å². The Kier molecular flexibility index (Phi) is 4.57. The second-order valence-electron chi connectivity index (χ2n) is 1.69. The summed E-state index contributed by atoms with van der Waals surface area (Å²) in [6, 6.07) is 1.66. The molecular weight excluding hydrogens is 354 g/mol. The third kappa shape index (κ3) is 2.26. The van der Waals surface area contributed by atoms with E-state index in [2.05, 4.69) is 4.98 Å². The molecule has 0 amide bonds. The maximum absolute atomic E-state index is 5.68. The minimum Gasteiger partial charge on any atom is -0.260 e. The summed E-state index contributed by atoms with van der Waals surface area (Å²) < 4.78 is 0. The first-order valence-electron chi connectivity index (χ1n) is 2.48. The molecule has 0 saturated heterocycles. The van der Waals surface area contributed by atoms with E-state index in [-0.39, 0.29) is 22.4 Å². The first-order valence-corrected chi connectivity index (χ1v) is 3.24. The normalized spacial score (nSPS) is 8.70. The van der Waals surface area contributed by atoms with Crippen molar-refractivity contribution >= 4 is 23.2 Å². The van der Waals surface area contributed by atoms with Gasteiger partial charge >= 0.3 is 0 Å². The minimum atomic E-state index is 0. The molecular formula is C6H5AuCl2N. The molecule has 1 heterocycles. The molecule has 0 aromatic carbocycles. The Hall–Kier alpha value is 0.470. The molecule has 59 valence electrons. The smallest absolute Gasteiger partial charge is 0.0804 e. The molecule has 1 aromatic rings. The Bertz CT molecular complexity index is 207. The molecule has 0 aliphatic heterocycles. The molecule has 0 bridgehead atoms. The molecule has 0 saturated carbocycles. The summed E-state index contributed by atoms with van der Waals surface area (Å²) in [6.45, 7) is 1.81. The minimum absolute atomic E-state index is 0. The SMILES string of the molecule is Cc1nccc(Cl)c1Cl.[Au]. The quantitative estimate of drug-likeness (QED) is 0.650. The van der Waals surface area contributed by atoms with Crippen LogP contribution in [0.25, 0.3) is 0 Å². The van der Waals surface area contributed by atoms with E-state index in [1.807, 2.05) is 6.92 Å². The van der Waals surface area contributed by atoms with Crippen molar-refractivity contribution in [2.24, 2.45) is 0 Å². The summed E-state index contributed by atoms with van der Waals surface area (Å²) in [6.07, 6.45) is 1.63. The van der Waals surface area contributed by atoms with Crippen molar-refractivity contribution in [2.45, 2.75) is 6.92 Å². The third-order valence-electron chi connectivity index (χ3n) is 1.02. The molecule has 10 heavy (non-hydrogen) atoms. The van der Waals surface area contributed by atoms with Gasteiger partial charge < -0.3 is 0 Å². The van der Waals surface area contributed by atoms with Crippen molar-refractivity contribution in [3.8, 4) is 0 Å². The summed E-state index contributed by atoms with van der Waals surface area (Å²) in [5.74, 6) is 0. The van der Waals surface area contributed by atoms with Gasteiger partial charge in [0.25, 0.3) is 0 Å². The topological polar surface area (TPSA) is 12.9 Å². The monoisotopic (exact) mass is 358 g/mol. The predicted molar refractivity (Wildman–Crippen MR) is 39.0 cm³/mol. The number of aromatic nitrogens is 1. The van der Waals surface area contributed by atoms with Crippen LogP contribution in [0.4, 0.5) is 0 Å². The van der Waals surface area contributed by atoms with E-state index in [4.69, 9.17) is 23.2 Å². The number of halogens is 2. The van der Waals surface area contributed by atoms with Gasteiger partial charge in [-0.25, -0.2) is 0 Å². The molecule has 0 spiro atoms. The number of nitrogens with zero attached hydrogens (tertiary/aromatic N) is 1. The van der Waals surface area contributed by atoms with Crippen LogP contribution in [-0.4, -0.2) is 4.98 Å². The maximum Gasteiger partial charge on any atom is 0.0804 e. The van der Waals surface area contributed by atoms with Gasteiger partial charge in [0.1, 0.15) is 0 Å². The van der Waals surface area contributed by atoms with E-state index in [9.17, 15) is 0 Å². The summed E-state index contributed by atoms with van der Waals surface area (Å²) in [5.41, 5.74) is 0.768. The van der Waals surface area contributed by atoms with Crippen LogP contribution in [0, 0.1) is 6.92 Å². The fraction of sp³-hybridized carbons (Fsp3) is 0.167. The zero-order valence-electron chi connectivity index (χ0n) is 5.16. The fourth-order valence-corrected chi connectivity index (χ4v) is 0.822. The first-order chi connectivity index (χ1) is 4.22. The van der Waals surface area contributed by atoms with Crippen LogP contribution in [0.2, 0.25) is 10.0 Å². The van der Waals surface area contributed by atoms with Gasteiger partial charge in [-0.3, -0.25) is 4.98 Å². The number of hydrogen-bond acceptors (Lipinski definition) is 1. The van der Waals surface area contributed by atoms with Crippen molar-refractivity contribution in [2.75, 3.05) is 0 Å². The Morgan fingerprint density at radius 3 is 2.40 bits per heavy atom. The largest absolute Gasteiger partial charge is 0.260 e. The van der Waals surface area contributed by atoms with E-state index < -0.39 is 0 Å². The number of pyridine rings is 1. The summed E-state index contributed by atoms with van der Waals surface area (Å²) >= 11 is 11.3. The van der Waals surface area contributed by atoms with E-state index in [1.54, 1.807) is 12.3 Å². The Morgan fingerprint density at radius 2 is 2.00 bits per heavy atom. The first kappa shape index (κ1) is 10.5. The summed E-state index contributed by atoms with van der Waals surface area (Å²) in [4.78, 5) is 3.92. The van der Waals surface area contributed by atoms with Gasteiger partial charge in [-0.15, -0.1) is 0 Å². The van der Waals surface area contributed by atoms with E-state index >= 15 is 0 Å². The molecule has 0 fully saturated rings. The standard InChI is InChI=1S/C6H5Cl2N.Au/c1-4-6(8)5(7)2-3-9-4;/h2-3H,1H3;. The molecule has 0 N–H and O–H groups in total. The van der Waals surface area contributed by atoms with Crippen LogP contribution < -0.4 is 0 Å².